The largest absolute Gasteiger partial charge is 0.383 e. The predicted octanol–water partition coefficient (Wildman–Crippen LogP) is 2.24. The van der Waals surface area contributed by atoms with Crippen molar-refractivity contribution in [3.63, 3.8) is 0 Å². The van der Waals surface area contributed by atoms with E-state index in [0.29, 0.717) is 18.0 Å². The zero-order valence-electron chi connectivity index (χ0n) is 14.4. The molecule has 26 heavy (non-hydrogen) atoms. The quantitative estimate of drug-likeness (QED) is 0.636. The van der Waals surface area contributed by atoms with Crippen LogP contribution in [-0.4, -0.2) is 41.1 Å². The molecule has 0 fully saturated rings. The molecule has 8 heteroatoms. The van der Waals surface area contributed by atoms with Gasteiger partial charge in [-0.2, -0.15) is 0 Å². The summed E-state index contributed by atoms with van der Waals surface area (Å²) in [6, 6.07) is 13.3. The Morgan fingerprint density at radius 1 is 1.12 bits per heavy atom. The summed E-state index contributed by atoms with van der Waals surface area (Å²) < 4.78 is 31.6. The zero-order valence-corrected chi connectivity index (χ0v) is 15.9. The fourth-order valence-electron chi connectivity index (χ4n) is 2.28. The maximum Gasteiger partial charge on any atom is 0.251 e. The molecule has 0 atom stereocenters. The van der Waals surface area contributed by atoms with Crippen molar-refractivity contribution in [3.05, 3.63) is 64.7 Å². The third-order valence-electron chi connectivity index (χ3n) is 3.59. The lowest BCUT2D eigenvalue weighted by Crippen LogP contribution is -2.28. The first kappa shape index (κ1) is 20.4. The standard InChI is InChI=1S/C18H21ClN2O4S/c1-25-11-10-21-26(23,24)17-7-3-5-15(13-17)18(22)20-9-8-14-4-2-6-16(19)12-14/h2-7,12-13,21H,8-11H2,1H3,(H,20,22). The summed E-state index contributed by atoms with van der Waals surface area (Å²) in [7, 11) is -2.19. The molecular formula is C18H21ClN2O4S. The fraction of sp³-hybridized carbons (Fsp3) is 0.278. The van der Waals surface area contributed by atoms with Crippen LogP contribution in [0.3, 0.4) is 0 Å². The third kappa shape index (κ3) is 6.10. The average molecular weight is 397 g/mol. The minimum Gasteiger partial charge on any atom is -0.383 e. The molecule has 2 aromatic carbocycles. The van der Waals surface area contributed by atoms with Crippen molar-refractivity contribution in [1.82, 2.24) is 10.0 Å². The molecule has 0 saturated carbocycles. The minimum atomic E-state index is -3.68. The number of nitrogens with one attached hydrogen (secondary N) is 2. The molecule has 2 N–H and O–H groups in total. The highest BCUT2D eigenvalue weighted by atomic mass is 35.5. The molecule has 0 heterocycles. The van der Waals surface area contributed by atoms with Crippen molar-refractivity contribution < 1.29 is 17.9 Å². The summed E-state index contributed by atoms with van der Waals surface area (Å²) in [4.78, 5) is 12.3. The Balaban J connectivity index is 1.97. The van der Waals surface area contributed by atoms with Crippen molar-refractivity contribution >= 4 is 27.5 Å². The molecule has 140 valence electrons. The van der Waals surface area contributed by atoms with Gasteiger partial charge in [-0.1, -0.05) is 29.8 Å². The summed E-state index contributed by atoms with van der Waals surface area (Å²) in [5.74, 6) is -0.332. The molecule has 2 rings (SSSR count). The number of ether oxygens (including phenoxy) is 1. The van der Waals surface area contributed by atoms with Crippen LogP contribution in [0.15, 0.2) is 53.4 Å². The Labute approximate surface area is 158 Å². The summed E-state index contributed by atoms with van der Waals surface area (Å²) in [5.41, 5.74) is 1.29. The van der Waals surface area contributed by atoms with E-state index in [4.69, 9.17) is 16.3 Å². The Bertz CT molecular complexity index is 856. The fourth-order valence-corrected chi connectivity index (χ4v) is 3.55. The van der Waals surface area contributed by atoms with Gasteiger partial charge < -0.3 is 10.1 Å². The first-order valence-corrected chi connectivity index (χ1v) is 9.90. The lowest BCUT2D eigenvalue weighted by molar-refractivity contribution is 0.0954. The smallest absolute Gasteiger partial charge is 0.251 e. The molecule has 0 aliphatic carbocycles. The molecule has 0 saturated heterocycles. The lowest BCUT2D eigenvalue weighted by Gasteiger charge is -2.09. The van der Waals surface area contributed by atoms with Crippen LogP contribution in [0.1, 0.15) is 15.9 Å². The van der Waals surface area contributed by atoms with Crippen LogP contribution >= 0.6 is 11.6 Å². The number of carbonyl (C=O) groups excluding carboxylic acids is 1. The SMILES string of the molecule is COCCNS(=O)(=O)c1cccc(C(=O)NCCc2cccc(Cl)c2)c1. The van der Waals surface area contributed by atoms with E-state index in [1.165, 1.54) is 25.3 Å². The molecule has 0 radical (unpaired) electrons. The topological polar surface area (TPSA) is 84.5 Å². The number of halogens is 1. The number of hydrogen-bond acceptors (Lipinski definition) is 4. The minimum absolute atomic E-state index is 0.0381. The average Bonchev–Trinajstić information content (AvgIpc) is 2.62. The van der Waals surface area contributed by atoms with Gasteiger partial charge in [0.05, 0.1) is 11.5 Å². The number of sulfonamides is 1. The monoisotopic (exact) mass is 396 g/mol. The number of rotatable bonds is 9. The summed E-state index contributed by atoms with van der Waals surface area (Å²) in [5, 5.41) is 3.43. The van der Waals surface area contributed by atoms with E-state index < -0.39 is 10.0 Å². The van der Waals surface area contributed by atoms with Crippen molar-refractivity contribution in [2.45, 2.75) is 11.3 Å². The summed E-state index contributed by atoms with van der Waals surface area (Å²) in [6.45, 7) is 0.847. The molecule has 2 aromatic rings. The van der Waals surface area contributed by atoms with Gasteiger partial charge in [-0.15, -0.1) is 0 Å². The Kier molecular flexibility index (Phi) is 7.59. The number of amides is 1. The lowest BCUT2D eigenvalue weighted by atomic mass is 10.1. The second-order valence-corrected chi connectivity index (χ2v) is 7.76. The maximum absolute atomic E-state index is 12.3. The van der Waals surface area contributed by atoms with Gasteiger partial charge in [-0.05, 0) is 42.3 Å². The molecule has 0 bridgehead atoms. The predicted molar refractivity (Wildman–Crippen MR) is 101 cm³/mol. The number of carbonyl (C=O) groups is 1. The van der Waals surface area contributed by atoms with Crippen molar-refractivity contribution in [1.29, 1.82) is 0 Å². The Morgan fingerprint density at radius 3 is 2.62 bits per heavy atom. The van der Waals surface area contributed by atoms with Crippen LogP contribution in [0.2, 0.25) is 5.02 Å². The molecule has 6 nitrogen and oxygen atoms in total. The molecule has 0 aliphatic rings. The van der Waals surface area contributed by atoms with Crippen LogP contribution < -0.4 is 10.0 Å². The van der Waals surface area contributed by atoms with E-state index in [2.05, 4.69) is 10.0 Å². The molecule has 1 amide bonds. The van der Waals surface area contributed by atoms with E-state index in [1.54, 1.807) is 12.1 Å². The van der Waals surface area contributed by atoms with Crippen molar-refractivity contribution in [2.24, 2.45) is 0 Å². The molecule has 0 aliphatic heterocycles. The highest BCUT2D eigenvalue weighted by Gasteiger charge is 2.15. The van der Waals surface area contributed by atoms with Crippen LogP contribution in [-0.2, 0) is 21.2 Å². The Morgan fingerprint density at radius 2 is 1.88 bits per heavy atom. The normalized spacial score (nSPS) is 11.3. The number of benzene rings is 2. The van der Waals surface area contributed by atoms with Crippen molar-refractivity contribution in [2.75, 3.05) is 26.8 Å². The van der Waals surface area contributed by atoms with Gasteiger partial charge in [0, 0.05) is 30.8 Å². The van der Waals surface area contributed by atoms with Crippen LogP contribution in [0.25, 0.3) is 0 Å². The van der Waals surface area contributed by atoms with Gasteiger partial charge in [0.15, 0.2) is 0 Å². The summed E-state index contributed by atoms with van der Waals surface area (Å²) in [6.07, 6.45) is 0.628. The van der Waals surface area contributed by atoms with Crippen LogP contribution in [0.4, 0.5) is 0 Å². The molecular weight excluding hydrogens is 376 g/mol. The third-order valence-corrected chi connectivity index (χ3v) is 5.29. The number of methoxy groups -OCH3 is 1. The van der Waals surface area contributed by atoms with Gasteiger partial charge >= 0.3 is 0 Å². The van der Waals surface area contributed by atoms with Crippen LogP contribution in [0.5, 0.6) is 0 Å². The van der Waals surface area contributed by atoms with Crippen LogP contribution in [0, 0.1) is 0 Å². The highest BCUT2D eigenvalue weighted by Crippen LogP contribution is 2.12. The Hall–Kier alpha value is -1.93. The maximum atomic E-state index is 12.3. The van der Waals surface area contributed by atoms with Gasteiger partial charge in [-0.25, -0.2) is 13.1 Å². The van der Waals surface area contributed by atoms with Gasteiger partial charge in [0.2, 0.25) is 10.0 Å². The molecule has 0 spiro atoms. The zero-order chi connectivity index (χ0) is 19.0. The van der Waals surface area contributed by atoms with Gasteiger partial charge in [-0.3, -0.25) is 4.79 Å². The van der Waals surface area contributed by atoms with Crippen molar-refractivity contribution in [3.8, 4) is 0 Å². The van der Waals surface area contributed by atoms with E-state index in [9.17, 15) is 13.2 Å². The molecule has 0 aromatic heterocycles. The number of hydrogen-bond donors (Lipinski definition) is 2. The highest BCUT2D eigenvalue weighted by molar-refractivity contribution is 7.89. The van der Waals surface area contributed by atoms with E-state index in [-0.39, 0.29) is 29.5 Å². The van der Waals surface area contributed by atoms with Gasteiger partial charge in [0.25, 0.3) is 5.91 Å². The second kappa shape index (κ2) is 9.68. The summed E-state index contributed by atoms with van der Waals surface area (Å²) >= 11 is 5.93. The van der Waals surface area contributed by atoms with E-state index in [1.807, 2.05) is 18.2 Å². The first-order chi connectivity index (χ1) is 12.4. The molecule has 0 unspecified atom stereocenters. The van der Waals surface area contributed by atoms with E-state index >= 15 is 0 Å². The first-order valence-electron chi connectivity index (χ1n) is 8.04. The second-order valence-electron chi connectivity index (χ2n) is 5.55. The van der Waals surface area contributed by atoms with Gasteiger partial charge in [0.1, 0.15) is 0 Å². The van der Waals surface area contributed by atoms with E-state index in [0.717, 1.165) is 5.56 Å².